The van der Waals surface area contributed by atoms with Crippen LogP contribution in [0.25, 0.3) is 0 Å². The van der Waals surface area contributed by atoms with Crippen molar-refractivity contribution in [3.63, 3.8) is 0 Å². The molecule has 0 aromatic heterocycles. The van der Waals surface area contributed by atoms with E-state index in [1.54, 1.807) is 0 Å². The van der Waals surface area contributed by atoms with Gasteiger partial charge in [0.05, 0.1) is 0 Å². The molecule has 2 aromatic carbocycles. The first-order valence-corrected chi connectivity index (χ1v) is 7.31. The fraction of sp³-hybridized carbons (Fsp3) is 0.333. The predicted molar refractivity (Wildman–Crippen MR) is 86.6 cm³/mol. The Morgan fingerprint density at radius 2 is 1.55 bits per heavy atom. The molecule has 0 aliphatic heterocycles. The van der Waals surface area contributed by atoms with Gasteiger partial charge in [-0.25, -0.2) is 0 Å². The van der Waals surface area contributed by atoms with Crippen molar-refractivity contribution >= 4 is 11.4 Å². The fourth-order valence-electron chi connectivity index (χ4n) is 2.82. The van der Waals surface area contributed by atoms with E-state index in [1.165, 1.54) is 29.8 Å². The van der Waals surface area contributed by atoms with Crippen molar-refractivity contribution in [3.05, 3.63) is 60.2 Å². The van der Waals surface area contributed by atoms with Gasteiger partial charge in [0.1, 0.15) is 0 Å². The van der Waals surface area contributed by atoms with Crippen LogP contribution in [0.4, 0.5) is 11.4 Å². The van der Waals surface area contributed by atoms with Crippen molar-refractivity contribution in [2.24, 2.45) is 0 Å². The highest BCUT2D eigenvalue weighted by atomic mass is 15.1. The van der Waals surface area contributed by atoms with Gasteiger partial charge in [-0.2, -0.15) is 0 Å². The first-order chi connectivity index (χ1) is 9.72. The van der Waals surface area contributed by atoms with Crippen LogP contribution in [-0.2, 0) is 0 Å². The average molecular weight is 266 g/mol. The maximum Gasteiger partial charge on any atom is 0.0362 e. The predicted octanol–water partition coefficient (Wildman–Crippen LogP) is 4.11. The Labute approximate surface area is 121 Å². The van der Waals surface area contributed by atoms with Gasteiger partial charge in [-0.1, -0.05) is 30.3 Å². The molecule has 2 heteroatoms. The van der Waals surface area contributed by atoms with Crippen LogP contribution >= 0.6 is 0 Å². The van der Waals surface area contributed by atoms with Crippen molar-refractivity contribution in [2.75, 3.05) is 24.3 Å². The molecule has 0 saturated heterocycles. The Kier molecular flexibility index (Phi) is 3.64. The van der Waals surface area contributed by atoms with Crippen LogP contribution in [0.2, 0.25) is 0 Å². The van der Waals surface area contributed by atoms with Gasteiger partial charge in [0.15, 0.2) is 0 Å². The van der Waals surface area contributed by atoms with Crippen molar-refractivity contribution < 1.29 is 0 Å². The van der Waals surface area contributed by atoms with Gasteiger partial charge < -0.3 is 10.2 Å². The Morgan fingerprint density at radius 1 is 0.900 bits per heavy atom. The van der Waals surface area contributed by atoms with E-state index < -0.39 is 0 Å². The quantitative estimate of drug-likeness (QED) is 0.896. The summed E-state index contributed by atoms with van der Waals surface area (Å²) in [7, 11) is 4.14. The first kappa shape index (κ1) is 13.0. The highest BCUT2D eigenvalue weighted by Crippen LogP contribution is 2.38. The van der Waals surface area contributed by atoms with Crippen LogP contribution in [-0.4, -0.2) is 20.1 Å². The van der Waals surface area contributed by atoms with E-state index in [-0.39, 0.29) is 0 Å². The Morgan fingerprint density at radius 3 is 2.15 bits per heavy atom. The molecular formula is C18H22N2. The first-order valence-electron chi connectivity index (χ1n) is 7.31. The normalized spacial score (nSPS) is 21.1. The maximum absolute atomic E-state index is 3.63. The molecule has 1 fully saturated rings. The number of hydrogen-bond acceptors (Lipinski definition) is 2. The van der Waals surface area contributed by atoms with Gasteiger partial charge in [-0.3, -0.25) is 0 Å². The molecule has 3 rings (SSSR count). The smallest absolute Gasteiger partial charge is 0.0362 e. The average Bonchev–Trinajstić information content (AvgIpc) is 2.44. The summed E-state index contributed by atoms with van der Waals surface area (Å²) >= 11 is 0. The second kappa shape index (κ2) is 5.58. The van der Waals surface area contributed by atoms with Crippen molar-refractivity contribution in [1.82, 2.24) is 0 Å². The molecule has 0 heterocycles. The van der Waals surface area contributed by atoms with E-state index in [0.29, 0.717) is 6.04 Å². The van der Waals surface area contributed by atoms with E-state index in [2.05, 4.69) is 78.9 Å². The van der Waals surface area contributed by atoms with Gasteiger partial charge in [-0.15, -0.1) is 0 Å². The van der Waals surface area contributed by atoms with Crippen LogP contribution < -0.4 is 10.2 Å². The molecule has 1 saturated carbocycles. The SMILES string of the molecule is CN(C)c1ccc(NC2CC(c3ccccc3)C2)cc1. The summed E-state index contributed by atoms with van der Waals surface area (Å²) in [5.41, 5.74) is 3.95. The molecule has 2 aromatic rings. The number of hydrogen-bond donors (Lipinski definition) is 1. The minimum absolute atomic E-state index is 0.616. The van der Waals surface area contributed by atoms with Gasteiger partial charge in [0.25, 0.3) is 0 Å². The van der Waals surface area contributed by atoms with Crippen LogP contribution in [0.5, 0.6) is 0 Å². The van der Waals surface area contributed by atoms with E-state index >= 15 is 0 Å². The molecule has 0 atom stereocenters. The molecule has 1 aliphatic rings. The summed E-state index contributed by atoms with van der Waals surface area (Å²) in [6, 6.07) is 20.1. The Bertz CT molecular complexity index is 539. The third-order valence-electron chi connectivity index (χ3n) is 4.16. The minimum atomic E-state index is 0.616. The van der Waals surface area contributed by atoms with Gasteiger partial charge >= 0.3 is 0 Å². The number of anilines is 2. The maximum atomic E-state index is 3.63. The summed E-state index contributed by atoms with van der Waals surface area (Å²) in [5, 5.41) is 3.63. The largest absolute Gasteiger partial charge is 0.382 e. The van der Waals surface area contributed by atoms with E-state index in [0.717, 1.165) is 5.92 Å². The molecule has 1 N–H and O–H groups in total. The van der Waals surface area contributed by atoms with Crippen molar-refractivity contribution in [1.29, 1.82) is 0 Å². The van der Waals surface area contributed by atoms with Crippen LogP contribution in [0, 0.1) is 0 Å². The highest BCUT2D eigenvalue weighted by molar-refractivity contribution is 5.55. The summed E-state index contributed by atoms with van der Waals surface area (Å²) in [5.74, 6) is 0.731. The lowest BCUT2D eigenvalue weighted by atomic mass is 9.76. The molecular weight excluding hydrogens is 244 g/mol. The number of benzene rings is 2. The van der Waals surface area contributed by atoms with Crippen molar-refractivity contribution in [2.45, 2.75) is 24.8 Å². The molecule has 0 amide bonds. The summed E-state index contributed by atoms with van der Waals surface area (Å²) in [6.45, 7) is 0. The summed E-state index contributed by atoms with van der Waals surface area (Å²) < 4.78 is 0. The standard InChI is InChI=1S/C18H22N2/c1-20(2)18-10-8-16(9-11-18)19-17-12-15(13-17)14-6-4-3-5-7-14/h3-11,15,17,19H,12-13H2,1-2H3. The molecule has 20 heavy (non-hydrogen) atoms. The lowest BCUT2D eigenvalue weighted by Gasteiger charge is -2.37. The zero-order valence-corrected chi connectivity index (χ0v) is 12.2. The van der Waals surface area contributed by atoms with Crippen LogP contribution in [0.1, 0.15) is 24.3 Å². The minimum Gasteiger partial charge on any atom is -0.382 e. The van der Waals surface area contributed by atoms with E-state index in [1.807, 2.05) is 0 Å². The Hall–Kier alpha value is -1.96. The fourth-order valence-corrected chi connectivity index (χ4v) is 2.82. The molecule has 0 bridgehead atoms. The topological polar surface area (TPSA) is 15.3 Å². The van der Waals surface area contributed by atoms with Crippen molar-refractivity contribution in [3.8, 4) is 0 Å². The number of nitrogens with zero attached hydrogens (tertiary/aromatic N) is 1. The van der Waals surface area contributed by atoms with Gasteiger partial charge in [-0.05, 0) is 48.6 Å². The summed E-state index contributed by atoms with van der Waals surface area (Å²) in [6.07, 6.45) is 2.47. The van der Waals surface area contributed by atoms with E-state index in [9.17, 15) is 0 Å². The number of rotatable bonds is 4. The third kappa shape index (κ3) is 2.79. The lowest BCUT2D eigenvalue weighted by molar-refractivity contribution is 0.374. The zero-order chi connectivity index (χ0) is 13.9. The second-order valence-electron chi connectivity index (χ2n) is 5.86. The molecule has 104 valence electrons. The van der Waals surface area contributed by atoms with E-state index in [4.69, 9.17) is 0 Å². The highest BCUT2D eigenvalue weighted by Gasteiger charge is 2.29. The Balaban J connectivity index is 1.54. The molecule has 0 radical (unpaired) electrons. The molecule has 2 nitrogen and oxygen atoms in total. The molecule has 0 spiro atoms. The monoisotopic (exact) mass is 266 g/mol. The van der Waals surface area contributed by atoms with Crippen LogP contribution in [0.15, 0.2) is 54.6 Å². The summed E-state index contributed by atoms with van der Waals surface area (Å²) in [4.78, 5) is 2.12. The number of nitrogens with one attached hydrogen (secondary N) is 1. The van der Waals surface area contributed by atoms with Gasteiger partial charge in [0, 0.05) is 31.5 Å². The molecule has 0 unspecified atom stereocenters. The van der Waals surface area contributed by atoms with Gasteiger partial charge in [0.2, 0.25) is 0 Å². The second-order valence-corrected chi connectivity index (χ2v) is 5.86. The lowest BCUT2D eigenvalue weighted by Crippen LogP contribution is -2.33. The zero-order valence-electron chi connectivity index (χ0n) is 12.2. The molecule has 1 aliphatic carbocycles. The van der Waals surface area contributed by atoms with Crippen LogP contribution in [0.3, 0.4) is 0 Å². The third-order valence-corrected chi connectivity index (χ3v) is 4.16.